The number of para-hydroxylation sites is 1. The largest absolute Gasteiger partial charge is 0.504 e. The lowest BCUT2D eigenvalue weighted by Crippen LogP contribution is -1.86. The van der Waals surface area contributed by atoms with Gasteiger partial charge in [-0.25, -0.2) is 4.39 Å². The molecule has 2 aromatic carbocycles. The molecule has 0 radical (unpaired) electrons. The predicted octanol–water partition coefficient (Wildman–Crippen LogP) is 3.26. The first kappa shape index (κ1) is 13.1. The second-order valence-electron chi connectivity index (χ2n) is 4.29. The average Bonchev–Trinajstić information content (AvgIpc) is 2.97. The Balaban J connectivity index is 2.03. The van der Waals surface area contributed by atoms with E-state index in [-0.39, 0.29) is 23.3 Å². The zero-order chi connectivity index (χ0) is 14.8. The average molecular weight is 286 g/mol. The second kappa shape index (κ2) is 5.24. The number of methoxy groups -OCH3 is 1. The summed E-state index contributed by atoms with van der Waals surface area (Å²) >= 11 is 0. The molecule has 0 fully saturated rings. The van der Waals surface area contributed by atoms with Crippen molar-refractivity contribution < 1.29 is 18.8 Å². The van der Waals surface area contributed by atoms with Crippen molar-refractivity contribution in [1.82, 2.24) is 10.1 Å². The van der Waals surface area contributed by atoms with Crippen LogP contribution in [-0.2, 0) is 0 Å². The van der Waals surface area contributed by atoms with E-state index in [9.17, 15) is 9.50 Å². The molecule has 6 heteroatoms. The number of hydrogen-bond donors (Lipinski definition) is 1. The molecule has 0 spiro atoms. The Labute approximate surface area is 119 Å². The van der Waals surface area contributed by atoms with Gasteiger partial charge >= 0.3 is 0 Å². The van der Waals surface area contributed by atoms with Crippen molar-refractivity contribution >= 4 is 0 Å². The zero-order valence-corrected chi connectivity index (χ0v) is 11.1. The van der Waals surface area contributed by atoms with Crippen LogP contribution in [-0.4, -0.2) is 22.4 Å². The maximum atomic E-state index is 13.2. The Morgan fingerprint density at radius 2 is 2.00 bits per heavy atom. The summed E-state index contributed by atoms with van der Waals surface area (Å²) in [6, 6.07) is 10.8. The number of phenols is 1. The topological polar surface area (TPSA) is 68.4 Å². The van der Waals surface area contributed by atoms with Gasteiger partial charge in [0.2, 0.25) is 5.82 Å². The van der Waals surface area contributed by atoms with Gasteiger partial charge in [-0.05, 0) is 24.3 Å². The molecule has 1 heterocycles. The minimum absolute atomic E-state index is 0.0885. The standard InChI is InChI=1S/C15H11FN2O3/c1-20-12-7-3-6-11(13(12)19)15-17-14(18-21-15)9-4-2-5-10(16)8-9/h2-8,19H,1H3. The third-order valence-electron chi connectivity index (χ3n) is 2.96. The molecule has 21 heavy (non-hydrogen) atoms. The van der Waals surface area contributed by atoms with Crippen LogP contribution < -0.4 is 4.74 Å². The van der Waals surface area contributed by atoms with Crippen molar-refractivity contribution in [3.8, 4) is 34.3 Å². The molecule has 0 saturated heterocycles. The Morgan fingerprint density at radius 1 is 1.19 bits per heavy atom. The van der Waals surface area contributed by atoms with Gasteiger partial charge in [-0.2, -0.15) is 4.98 Å². The first-order valence-electron chi connectivity index (χ1n) is 6.15. The number of benzene rings is 2. The van der Waals surface area contributed by atoms with E-state index in [4.69, 9.17) is 9.26 Å². The SMILES string of the molecule is COc1cccc(-c2nc(-c3cccc(F)c3)no2)c1O. The molecule has 0 bridgehead atoms. The third kappa shape index (κ3) is 2.43. The summed E-state index contributed by atoms with van der Waals surface area (Å²) < 4.78 is 23.4. The number of hydrogen-bond acceptors (Lipinski definition) is 5. The molecule has 1 N–H and O–H groups in total. The molecule has 0 saturated carbocycles. The molecule has 3 aromatic rings. The Hall–Kier alpha value is -2.89. The van der Waals surface area contributed by atoms with Crippen LogP contribution in [0.5, 0.6) is 11.5 Å². The second-order valence-corrected chi connectivity index (χ2v) is 4.29. The lowest BCUT2D eigenvalue weighted by Gasteiger charge is -2.04. The maximum absolute atomic E-state index is 13.2. The molecule has 0 amide bonds. The smallest absolute Gasteiger partial charge is 0.262 e. The Bertz CT molecular complexity index is 786. The van der Waals surface area contributed by atoms with Gasteiger partial charge in [0, 0.05) is 5.56 Å². The van der Waals surface area contributed by atoms with E-state index in [0.29, 0.717) is 16.9 Å². The summed E-state index contributed by atoms with van der Waals surface area (Å²) in [6.07, 6.45) is 0. The lowest BCUT2D eigenvalue weighted by molar-refractivity contribution is 0.371. The Morgan fingerprint density at radius 3 is 2.76 bits per heavy atom. The monoisotopic (exact) mass is 286 g/mol. The maximum Gasteiger partial charge on any atom is 0.262 e. The van der Waals surface area contributed by atoms with Crippen LogP contribution in [0.3, 0.4) is 0 Å². The van der Waals surface area contributed by atoms with E-state index < -0.39 is 0 Å². The van der Waals surface area contributed by atoms with Gasteiger partial charge in [0.15, 0.2) is 11.5 Å². The first-order chi connectivity index (χ1) is 10.2. The van der Waals surface area contributed by atoms with E-state index in [1.54, 1.807) is 30.3 Å². The highest BCUT2D eigenvalue weighted by atomic mass is 19.1. The van der Waals surface area contributed by atoms with Crippen molar-refractivity contribution in [2.45, 2.75) is 0 Å². The lowest BCUT2D eigenvalue weighted by atomic mass is 10.2. The van der Waals surface area contributed by atoms with Crippen molar-refractivity contribution in [3.05, 3.63) is 48.3 Å². The molecule has 0 atom stereocenters. The summed E-state index contributed by atoms with van der Waals surface area (Å²) in [5, 5.41) is 13.8. The van der Waals surface area contributed by atoms with Crippen molar-refractivity contribution in [1.29, 1.82) is 0 Å². The Kier molecular flexibility index (Phi) is 3.27. The van der Waals surface area contributed by atoms with E-state index >= 15 is 0 Å². The molecular weight excluding hydrogens is 275 g/mol. The van der Waals surface area contributed by atoms with E-state index in [1.165, 1.54) is 19.2 Å². The molecule has 1 aromatic heterocycles. The summed E-state index contributed by atoms with van der Waals surface area (Å²) in [4.78, 5) is 4.17. The first-order valence-corrected chi connectivity index (χ1v) is 6.15. The van der Waals surface area contributed by atoms with Gasteiger partial charge in [0.05, 0.1) is 12.7 Å². The number of ether oxygens (including phenoxy) is 1. The fraction of sp³-hybridized carbons (Fsp3) is 0.0667. The van der Waals surface area contributed by atoms with Crippen molar-refractivity contribution in [2.24, 2.45) is 0 Å². The highest BCUT2D eigenvalue weighted by molar-refractivity contribution is 5.68. The van der Waals surface area contributed by atoms with Crippen LogP contribution in [0.1, 0.15) is 0 Å². The van der Waals surface area contributed by atoms with E-state index in [2.05, 4.69) is 10.1 Å². The van der Waals surface area contributed by atoms with Crippen LogP contribution in [0.2, 0.25) is 0 Å². The molecule has 5 nitrogen and oxygen atoms in total. The molecule has 0 unspecified atom stereocenters. The number of halogens is 1. The number of aromatic nitrogens is 2. The van der Waals surface area contributed by atoms with Gasteiger partial charge in [0.1, 0.15) is 5.82 Å². The van der Waals surface area contributed by atoms with Crippen LogP contribution in [0.15, 0.2) is 47.0 Å². The van der Waals surface area contributed by atoms with Gasteiger partial charge in [-0.3, -0.25) is 0 Å². The van der Waals surface area contributed by atoms with Crippen LogP contribution in [0.25, 0.3) is 22.8 Å². The van der Waals surface area contributed by atoms with Crippen LogP contribution >= 0.6 is 0 Å². The number of rotatable bonds is 3. The van der Waals surface area contributed by atoms with Gasteiger partial charge < -0.3 is 14.4 Å². The highest BCUT2D eigenvalue weighted by Crippen LogP contribution is 2.36. The zero-order valence-electron chi connectivity index (χ0n) is 11.1. The van der Waals surface area contributed by atoms with Gasteiger partial charge in [0.25, 0.3) is 5.89 Å². The molecule has 106 valence electrons. The summed E-state index contributed by atoms with van der Waals surface area (Å²) in [6.45, 7) is 0. The van der Waals surface area contributed by atoms with Crippen molar-refractivity contribution in [3.63, 3.8) is 0 Å². The highest BCUT2D eigenvalue weighted by Gasteiger charge is 2.16. The molecule has 0 aliphatic carbocycles. The molecule has 0 aliphatic rings. The quantitative estimate of drug-likeness (QED) is 0.800. The van der Waals surface area contributed by atoms with Gasteiger partial charge in [-0.1, -0.05) is 23.4 Å². The number of nitrogens with zero attached hydrogens (tertiary/aromatic N) is 2. The minimum atomic E-state index is -0.386. The third-order valence-corrected chi connectivity index (χ3v) is 2.96. The summed E-state index contributed by atoms with van der Waals surface area (Å²) in [5.41, 5.74) is 0.844. The summed E-state index contributed by atoms with van der Waals surface area (Å²) in [7, 11) is 1.45. The normalized spacial score (nSPS) is 10.6. The van der Waals surface area contributed by atoms with Crippen molar-refractivity contribution in [2.75, 3.05) is 7.11 Å². The molecular formula is C15H11FN2O3. The van der Waals surface area contributed by atoms with Crippen LogP contribution in [0.4, 0.5) is 4.39 Å². The van der Waals surface area contributed by atoms with Crippen LogP contribution in [0, 0.1) is 5.82 Å². The number of aromatic hydroxyl groups is 1. The van der Waals surface area contributed by atoms with E-state index in [1.807, 2.05) is 0 Å². The van der Waals surface area contributed by atoms with E-state index in [0.717, 1.165) is 0 Å². The molecule has 3 rings (SSSR count). The fourth-order valence-electron chi connectivity index (χ4n) is 1.94. The number of phenolic OH excluding ortho intramolecular Hbond substituents is 1. The van der Waals surface area contributed by atoms with Gasteiger partial charge in [-0.15, -0.1) is 0 Å². The predicted molar refractivity (Wildman–Crippen MR) is 73.3 cm³/mol. The molecule has 0 aliphatic heterocycles. The fourth-order valence-corrected chi connectivity index (χ4v) is 1.94. The minimum Gasteiger partial charge on any atom is -0.504 e. The summed E-state index contributed by atoms with van der Waals surface area (Å²) in [5.74, 6) is 0.202.